The predicted octanol–water partition coefficient (Wildman–Crippen LogP) is 32.2. The van der Waals surface area contributed by atoms with E-state index >= 15 is 0 Å². The molecular formula is C120H90N4O. The van der Waals surface area contributed by atoms with Gasteiger partial charge in [0.1, 0.15) is 0 Å². The highest BCUT2D eigenvalue weighted by Crippen LogP contribution is 2.39. The van der Waals surface area contributed by atoms with Crippen molar-refractivity contribution in [1.82, 2.24) is 15.0 Å². The first-order valence-electron chi connectivity index (χ1n) is 41.8. The second kappa shape index (κ2) is 40.4. The zero-order chi connectivity index (χ0) is 85.3. The zero-order valence-corrected chi connectivity index (χ0v) is 69.4. The lowest BCUT2D eigenvalue weighted by atomic mass is 9.92. The Balaban J connectivity index is 0.000000128. The van der Waals surface area contributed by atoms with Crippen molar-refractivity contribution in [3.05, 3.63) is 533 Å². The standard InChI is InChI=1S/C41H29N3.C33H24O.C26H20.C20H17N/c1-2-29-22-24-32(25-23-29)35-18-11-21-38(28-35)41-43-39(36-19-9-16-33(26-36)30-12-5-3-6-13-30)42-40(44-41)37-20-10-17-34(27-37)31-14-7-4-8-15-31;1-2-24-16-18-27(19-17-24)28-14-9-15-29(20-28)33(34)32-22-30(25-10-5-3-6-11-25)21-31(23-32)26-12-7-4-8-13-26;1-2-20-13-15-23(16-14-20)26-18-24(21-9-5-3-6-10-21)17-25(19-26)22-11-7-4-8-12-22;1-2-17-13-15-20(16-14-17)21(18-9-5-3-6-10-18)19-11-7-4-8-12-19/h2-28H,1H2;2-23H,1H2;2-19H,1H2;2-16H,1H2. The minimum absolute atomic E-state index is 0.0134. The first kappa shape index (κ1) is 82.1. The van der Waals surface area contributed by atoms with Crippen LogP contribution in [-0.2, 0) is 0 Å². The number of benzene rings is 18. The number of rotatable bonds is 21. The molecule has 0 saturated carbocycles. The molecule has 1 heterocycles. The number of carbonyl (C=O) groups excluding carboxylic acids is 1. The van der Waals surface area contributed by atoms with Crippen molar-refractivity contribution in [1.29, 1.82) is 0 Å². The molecule has 0 aliphatic carbocycles. The van der Waals surface area contributed by atoms with Gasteiger partial charge in [-0.1, -0.05) is 427 Å². The van der Waals surface area contributed by atoms with Gasteiger partial charge in [0.05, 0.1) is 0 Å². The van der Waals surface area contributed by atoms with Crippen LogP contribution in [0.3, 0.4) is 0 Å². The maximum absolute atomic E-state index is 13.7. The molecule has 0 fully saturated rings. The normalized spacial score (nSPS) is 10.6. The molecule has 0 amide bonds. The van der Waals surface area contributed by atoms with Crippen molar-refractivity contribution in [3.63, 3.8) is 0 Å². The summed E-state index contributed by atoms with van der Waals surface area (Å²) in [5, 5.41) is 0. The number of hydrogen-bond donors (Lipinski definition) is 0. The van der Waals surface area contributed by atoms with Crippen LogP contribution in [0.5, 0.6) is 0 Å². The Hall–Kier alpha value is -16.6. The summed E-state index contributed by atoms with van der Waals surface area (Å²) in [4.78, 5) is 31.0. The van der Waals surface area contributed by atoms with E-state index in [4.69, 9.17) is 15.0 Å². The molecule has 0 bridgehead atoms. The molecule has 5 heteroatoms. The summed E-state index contributed by atoms with van der Waals surface area (Å²) in [7, 11) is 0. The van der Waals surface area contributed by atoms with Crippen molar-refractivity contribution in [3.8, 4) is 134 Å². The quantitative estimate of drug-likeness (QED) is 0.0671. The highest BCUT2D eigenvalue weighted by atomic mass is 16.1. The molecule has 0 atom stereocenters. The van der Waals surface area contributed by atoms with Gasteiger partial charge in [-0.15, -0.1) is 0 Å². The van der Waals surface area contributed by atoms with E-state index in [1.807, 2.05) is 133 Å². The number of aromatic nitrogens is 3. The summed E-state index contributed by atoms with van der Waals surface area (Å²) in [6, 6.07) is 163. The second-order valence-electron chi connectivity index (χ2n) is 30.0. The van der Waals surface area contributed by atoms with E-state index in [1.54, 1.807) is 0 Å². The van der Waals surface area contributed by atoms with Gasteiger partial charge < -0.3 is 4.90 Å². The van der Waals surface area contributed by atoms with E-state index in [2.05, 4.69) is 395 Å². The third-order valence-corrected chi connectivity index (χ3v) is 21.7. The van der Waals surface area contributed by atoms with E-state index in [9.17, 15) is 4.79 Å². The fourth-order valence-electron chi connectivity index (χ4n) is 15.1. The van der Waals surface area contributed by atoms with Crippen LogP contribution in [-0.4, -0.2) is 20.7 Å². The molecule has 18 aromatic carbocycles. The van der Waals surface area contributed by atoms with Gasteiger partial charge in [0.2, 0.25) is 0 Å². The highest BCUT2D eigenvalue weighted by molar-refractivity contribution is 6.11. The van der Waals surface area contributed by atoms with E-state index in [1.165, 1.54) is 33.4 Å². The molecule has 0 spiro atoms. The molecule has 596 valence electrons. The molecule has 0 aliphatic heterocycles. The molecule has 125 heavy (non-hydrogen) atoms. The highest BCUT2D eigenvalue weighted by Gasteiger charge is 2.19. The van der Waals surface area contributed by atoms with Crippen LogP contribution in [0.25, 0.3) is 159 Å². The minimum atomic E-state index is 0.0134. The van der Waals surface area contributed by atoms with Crippen LogP contribution < -0.4 is 4.90 Å². The summed E-state index contributed by atoms with van der Waals surface area (Å²) in [6.07, 6.45) is 7.42. The summed E-state index contributed by atoms with van der Waals surface area (Å²) < 4.78 is 0. The van der Waals surface area contributed by atoms with Gasteiger partial charge in [-0.2, -0.15) is 0 Å². The Labute approximate surface area is 734 Å². The van der Waals surface area contributed by atoms with E-state index in [0.29, 0.717) is 28.6 Å². The molecule has 0 aliphatic rings. The van der Waals surface area contributed by atoms with Crippen LogP contribution in [0.1, 0.15) is 38.2 Å². The van der Waals surface area contributed by atoms with Crippen molar-refractivity contribution in [2.24, 2.45) is 0 Å². The predicted molar refractivity (Wildman–Crippen MR) is 529 cm³/mol. The van der Waals surface area contributed by atoms with Crippen molar-refractivity contribution < 1.29 is 4.79 Å². The Morgan fingerprint density at radius 1 is 0.176 bits per heavy atom. The van der Waals surface area contributed by atoms with Crippen molar-refractivity contribution in [2.45, 2.75) is 0 Å². The van der Waals surface area contributed by atoms with Crippen LogP contribution >= 0.6 is 0 Å². The van der Waals surface area contributed by atoms with Gasteiger partial charge in [-0.3, -0.25) is 4.79 Å². The van der Waals surface area contributed by atoms with Gasteiger partial charge in [0, 0.05) is 44.9 Å². The van der Waals surface area contributed by atoms with Gasteiger partial charge in [-0.25, -0.2) is 15.0 Å². The van der Waals surface area contributed by atoms with Gasteiger partial charge in [0.15, 0.2) is 23.3 Å². The second-order valence-corrected chi connectivity index (χ2v) is 30.0. The Morgan fingerprint density at radius 3 is 0.656 bits per heavy atom. The van der Waals surface area contributed by atoms with Crippen molar-refractivity contribution in [2.75, 3.05) is 4.90 Å². The number of anilines is 3. The Morgan fingerprint density at radius 2 is 0.368 bits per heavy atom. The van der Waals surface area contributed by atoms with E-state index in [0.717, 1.165) is 123 Å². The van der Waals surface area contributed by atoms with Crippen LogP contribution in [0.15, 0.2) is 499 Å². The summed E-state index contributed by atoms with van der Waals surface area (Å²) >= 11 is 0. The average Bonchev–Trinajstić information content (AvgIpc) is 0.770. The third kappa shape index (κ3) is 20.8. The van der Waals surface area contributed by atoms with Crippen LogP contribution in [0, 0.1) is 0 Å². The molecule has 5 nitrogen and oxygen atoms in total. The lowest BCUT2D eigenvalue weighted by Gasteiger charge is -2.25. The van der Waals surface area contributed by atoms with Gasteiger partial charge >= 0.3 is 0 Å². The SMILES string of the molecule is C=Cc1ccc(-c2cc(-c3ccccc3)cc(-c3ccccc3)c2)cc1.C=Cc1ccc(-c2cccc(-c3nc(-c4cccc(-c5ccccc5)c4)nc(-c4cccc(-c5ccccc5)c4)n3)c2)cc1.C=Cc1ccc(-c2cccc(C(=O)c3cc(-c4ccccc4)cc(-c4ccccc4)c3)c2)cc1.C=Cc1ccc(N(c2ccccc2)c2ccccc2)cc1. The molecule has 19 aromatic rings. The number of para-hydroxylation sites is 2. The fraction of sp³-hybridized carbons (Fsp3) is 0. The topological polar surface area (TPSA) is 59.0 Å². The maximum Gasteiger partial charge on any atom is 0.193 e. The van der Waals surface area contributed by atoms with Crippen LogP contribution in [0.4, 0.5) is 17.1 Å². The Kier molecular flexibility index (Phi) is 26.6. The first-order valence-corrected chi connectivity index (χ1v) is 41.8. The number of carbonyl (C=O) groups is 1. The van der Waals surface area contributed by atoms with Crippen molar-refractivity contribution >= 4 is 47.1 Å². The molecule has 0 radical (unpaired) electrons. The minimum Gasteiger partial charge on any atom is -0.311 e. The van der Waals surface area contributed by atoms with E-state index < -0.39 is 0 Å². The van der Waals surface area contributed by atoms with E-state index in [-0.39, 0.29) is 5.78 Å². The molecule has 19 rings (SSSR count). The lowest BCUT2D eigenvalue weighted by Crippen LogP contribution is -2.09. The Bertz CT molecular complexity index is 6590. The maximum atomic E-state index is 13.7. The van der Waals surface area contributed by atoms with Crippen LogP contribution in [0.2, 0.25) is 0 Å². The number of ketones is 1. The van der Waals surface area contributed by atoms with Gasteiger partial charge in [0.25, 0.3) is 0 Å². The third-order valence-electron chi connectivity index (χ3n) is 21.7. The molecule has 0 saturated heterocycles. The lowest BCUT2D eigenvalue weighted by molar-refractivity contribution is 0.103. The summed E-state index contributed by atoms with van der Waals surface area (Å²) in [5.41, 5.74) is 32.4. The van der Waals surface area contributed by atoms with Gasteiger partial charge in [-0.05, 0) is 219 Å². The largest absolute Gasteiger partial charge is 0.311 e. The summed E-state index contributed by atoms with van der Waals surface area (Å²) in [5.74, 6) is 1.91. The summed E-state index contributed by atoms with van der Waals surface area (Å²) in [6.45, 7) is 15.3. The number of nitrogens with zero attached hydrogens (tertiary/aromatic N) is 4. The first-order chi connectivity index (χ1) is 61.6. The number of hydrogen-bond acceptors (Lipinski definition) is 5. The fourth-order valence-corrected chi connectivity index (χ4v) is 15.1. The monoisotopic (exact) mass is 1600 g/mol. The molecule has 0 unspecified atom stereocenters. The average molecular weight is 1600 g/mol. The zero-order valence-electron chi connectivity index (χ0n) is 69.4. The molecule has 0 N–H and O–H groups in total. The molecular weight excluding hydrogens is 1510 g/mol. The smallest absolute Gasteiger partial charge is 0.193 e. The molecule has 1 aromatic heterocycles.